The Morgan fingerprint density at radius 2 is 1.81 bits per heavy atom. The van der Waals surface area contributed by atoms with E-state index in [1.54, 1.807) is 43.5 Å². The van der Waals surface area contributed by atoms with Crippen molar-refractivity contribution in [1.29, 1.82) is 0 Å². The summed E-state index contributed by atoms with van der Waals surface area (Å²) in [5, 5.41) is 17.2. The maximum absolute atomic E-state index is 12.2. The molecule has 4 N–H and O–H groups in total. The number of benzene rings is 2. The fourth-order valence-corrected chi connectivity index (χ4v) is 2.42. The van der Waals surface area contributed by atoms with E-state index in [9.17, 15) is 9.90 Å². The normalized spacial score (nSPS) is 10.1. The molecule has 3 aromatic rings. The van der Waals surface area contributed by atoms with Crippen LogP contribution in [0, 0.1) is 0 Å². The van der Waals surface area contributed by atoms with Gasteiger partial charge in [-0.1, -0.05) is 18.2 Å². The third kappa shape index (κ3) is 4.53. The smallest absolute Gasteiger partial charge is 0.294 e. The minimum atomic E-state index is -0.624. The molecule has 1 amide bonds. The van der Waals surface area contributed by atoms with Crippen LogP contribution in [0.3, 0.4) is 0 Å². The van der Waals surface area contributed by atoms with Crippen molar-refractivity contribution in [1.82, 2.24) is 20.6 Å². The third-order valence-corrected chi connectivity index (χ3v) is 3.77. The highest BCUT2D eigenvalue weighted by Crippen LogP contribution is 2.18. The van der Waals surface area contributed by atoms with E-state index < -0.39 is 5.91 Å². The molecule has 0 fully saturated rings. The highest BCUT2D eigenvalue weighted by molar-refractivity contribution is 7.80. The molecule has 0 unspecified atom stereocenters. The first-order valence-corrected chi connectivity index (χ1v) is 8.33. The second-order valence-corrected chi connectivity index (χ2v) is 5.81. The summed E-state index contributed by atoms with van der Waals surface area (Å²) in [7, 11) is 1.58. The number of aromatic nitrogens is 2. The summed E-state index contributed by atoms with van der Waals surface area (Å²) >= 11 is 5.12. The van der Waals surface area contributed by atoms with Gasteiger partial charge in [0.1, 0.15) is 5.75 Å². The van der Waals surface area contributed by atoms with E-state index in [1.807, 2.05) is 18.2 Å². The molecule has 8 nitrogen and oxygen atoms in total. The zero-order chi connectivity index (χ0) is 19.2. The number of hydrogen-bond donors (Lipinski definition) is 4. The fourth-order valence-electron chi connectivity index (χ4n) is 2.25. The molecule has 1 aromatic heterocycles. The lowest BCUT2D eigenvalue weighted by atomic mass is 10.3. The molecule has 2 aromatic carbocycles. The average molecular weight is 383 g/mol. The summed E-state index contributed by atoms with van der Waals surface area (Å²) in [6.45, 7) is 0. The van der Waals surface area contributed by atoms with Gasteiger partial charge >= 0.3 is 0 Å². The zero-order valence-electron chi connectivity index (χ0n) is 14.3. The van der Waals surface area contributed by atoms with Crippen molar-refractivity contribution in [3.8, 4) is 17.2 Å². The molecular weight excluding hydrogens is 366 g/mol. The van der Waals surface area contributed by atoms with Gasteiger partial charge in [-0.25, -0.2) is 4.68 Å². The number of carbonyl (C=O) groups is 1. The molecule has 138 valence electrons. The lowest BCUT2D eigenvalue weighted by Gasteiger charge is -2.11. The predicted molar refractivity (Wildman–Crippen MR) is 105 cm³/mol. The van der Waals surface area contributed by atoms with Gasteiger partial charge in [-0.15, -0.1) is 0 Å². The topological polar surface area (TPSA) is 100 Å². The monoisotopic (exact) mass is 383 g/mol. The Kier molecular flexibility index (Phi) is 5.53. The van der Waals surface area contributed by atoms with Crippen molar-refractivity contribution in [2.24, 2.45) is 0 Å². The molecule has 1 heterocycles. The van der Waals surface area contributed by atoms with Gasteiger partial charge in [0.25, 0.3) is 5.91 Å². The van der Waals surface area contributed by atoms with Crippen LogP contribution >= 0.6 is 12.2 Å². The molecule has 0 atom stereocenters. The fraction of sp³-hybridized carbons (Fsp3) is 0.0556. The second-order valence-electron chi connectivity index (χ2n) is 5.40. The molecule has 9 heteroatoms. The zero-order valence-corrected chi connectivity index (χ0v) is 15.2. The van der Waals surface area contributed by atoms with Gasteiger partial charge in [-0.05, 0) is 48.6 Å². The number of carbonyl (C=O) groups excluding carboxylic acids is 1. The maximum Gasteiger partial charge on any atom is 0.294 e. The van der Waals surface area contributed by atoms with E-state index in [1.165, 1.54) is 10.9 Å². The number of hydrazine groups is 1. The largest absolute Gasteiger partial charge is 0.504 e. The van der Waals surface area contributed by atoms with Crippen LogP contribution in [0.5, 0.6) is 11.5 Å². The van der Waals surface area contributed by atoms with Crippen LogP contribution in [-0.4, -0.2) is 33.0 Å². The Bertz CT molecular complexity index is 941. The van der Waals surface area contributed by atoms with Crippen LogP contribution in [0.15, 0.2) is 60.8 Å². The summed E-state index contributed by atoms with van der Waals surface area (Å²) < 4.78 is 6.50. The number of nitrogens with one attached hydrogen (secondary N) is 3. The van der Waals surface area contributed by atoms with Gasteiger partial charge in [-0.2, -0.15) is 5.10 Å². The van der Waals surface area contributed by atoms with Gasteiger partial charge in [-0.3, -0.25) is 15.6 Å². The Labute approximate surface area is 160 Å². The molecule has 0 aliphatic heterocycles. The number of amides is 1. The first-order valence-electron chi connectivity index (χ1n) is 7.92. The first kappa shape index (κ1) is 18.2. The summed E-state index contributed by atoms with van der Waals surface area (Å²) in [5.41, 5.74) is 6.27. The number of para-hydroxylation sites is 1. The van der Waals surface area contributed by atoms with Gasteiger partial charge in [0.2, 0.25) is 0 Å². The summed E-state index contributed by atoms with van der Waals surface area (Å²) in [5.74, 6) is -0.148. The number of anilines is 1. The van der Waals surface area contributed by atoms with Crippen molar-refractivity contribution < 1.29 is 14.6 Å². The second kappa shape index (κ2) is 8.19. The molecule has 0 aliphatic carbocycles. The number of thiocarbonyl (C=S) groups is 1. The molecule has 0 saturated carbocycles. The standard InChI is InChI=1S/C18H17N5O3S/c1-26-14-9-7-12(8-10-14)19-18(27)21-20-17(25)16-15(24)11-23(22-16)13-5-3-2-4-6-13/h2-11,24H,1H3,(H,20,25)(H2,19,21,27). The lowest BCUT2D eigenvalue weighted by Crippen LogP contribution is -2.43. The number of hydrogen-bond acceptors (Lipinski definition) is 5. The molecule has 0 aliphatic rings. The lowest BCUT2D eigenvalue weighted by molar-refractivity contribution is 0.0936. The van der Waals surface area contributed by atoms with Gasteiger partial charge in [0, 0.05) is 5.69 Å². The van der Waals surface area contributed by atoms with E-state index in [-0.39, 0.29) is 16.6 Å². The van der Waals surface area contributed by atoms with Crippen LogP contribution in [-0.2, 0) is 0 Å². The number of ether oxygens (including phenoxy) is 1. The minimum Gasteiger partial charge on any atom is -0.504 e. The Morgan fingerprint density at radius 3 is 2.48 bits per heavy atom. The molecule has 27 heavy (non-hydrogen) atoms. The number of methoxy groups -OCH3 is 1. The predicted octanol–water partition coefficient (Wildman–Crippen LogP) is 2.22. The Hall–Kier alpha value is -3.59. The first-order chi connectivity index (χ1) is 13.1. The van der Waals surface area contributed by atoms with E-state index in [4.69, 9.17) is 17.0 Å². The number of aromatic hydroxyl groups is 1. The van der Waals surface area contributed by atoms with Crippen LogP contribution in [0.1, 0.15) is 10.5 Å². The van der Waals surface area contributed by atoms with Crippen molar-refractivity contribution in [2.75, 3.05) is 12.4 Å². The summed E-state index contributed by atoms with van der Waals surface area (Å²) in [4.78, 5) is 12.2. The van der Waals surface area contributed by atoms with Crippen LogP contribution < -0.4 is 20.9 Å². The van der Waals surface area contributed by atoms with E-state index in [0.717, 1.165) is 17.1 Å². The van der Waals surface area contributed by atoms with Crippen molar-refractivity contribution in [3.05, 3.63) is 66.5 Å². The highest BCUT2D eigenvalue weighted by Gasteiger charge is 2.17. The minimum absolute atomic E-state index is 0.126. The van der Waals surface area contributed by atoms with Crippen molar-refractivity contribution in [3.63, 3.8) is 0 Å². The molecule has 0 spiro atoms. The highest BCUT2D eigenvalue weighted by atomic mass is 32.1. The maximum atomic E-state index is 12.2. The molecule has 0 saturated heterocycles. The molecular formula is C18H17N5O3S. The summed E-state index contributed by atoms with van der Waals surface area (Å²) in [6.07, 6.45) is 1.36. The molecule has 3 rings (SSSR count). The quantitative estimate of drug-likeness (QED) is 0.405. The van der Waals surface area contributed by atoms with Crippen molar-refractivity contribution >= 4 is 28.9 Å². The van der Waals surface area contributed by atoms with E-state index in [2.05, 4.69) is 21.3 Å². The molecule has 0 radical (unpaired) electrons. The Balaban J connectivity index is 1.59. The van der Waals surface area contributed by atoms with Gasteiger partial charge in [0.15, 0.2) is 16.6 Å². The molecule has 0 bridgehead atoms. The van der Waals surface area contributed by atoms with Gasteiger partial charge in [0.05, 0.1) is 19.0 Å². The number of rotatable bonds is 4. The van der Waals surface area contributed by atoms with Gasteiger partial charge < -0.3 is 15.2 Å². The Morgan fingerprint density at radius 1 is 1.11 bits per heavy atom. The van der Waals surface area contributed by atoms with Crippen LogP contribution in [0.2, 0.25) is 0 Å². The van der Waals surface area contributed by atoms with Crippen LogP contribution in [0.25, 0.3) is 5.69 Å². The van der Waals surface area contributed by atoms with E-state index in [0.29, 0.717) is 0 Å². The van der Waals surface area contributed by atoms with Crippen molar-refractivity contribution in [2.45, 2.75) is 0 Å². The third-order valence-electron chi connectivity index (χ3n) is 3.57. The SMILES string of the molecule is COc1ccc(NC(=S)NNC(=O)c2nn(-c3ccccc3)cc2O)cc1. The summed E-state index contributed by atoms with van der Waals surface area (Å²) in [6, 6.07) is 16.2. The average Bonchev–Trinajstić information content (AvgIpc) is 3.09. The number of nitrogens with zero attached hydrogens (tertiary/aromatic N) is 2. The van der Waals surface area contributed by atoms with E-state index >= 15 is 0 Å². The van der Waals surface area contributed by atoms with Crippen LogP contribution in [0.4, 0.5) is 5.69 Å².